The van der Waals surface area contributed by atoms with Crippen LogP contribution in [0.3, 0.4) is 0 Å². The van der Waals surface area contributed by atoms with Crippen molar-refractivity contribution < 1.29 is 15.3 Å². The first-order chi connectivity index (χ1) is 11.2. The first-order valence-electron chi connectivity index (χ1n) is 8.07. The molecule has 0 aliphatic heterocycles. The van der Waals surface area contributed by atoms with E-state index >= 15 is 0 Å². The highest BCUT2D eigenvalue weighted by atomic mass is 16.3. The molecule has 1 aliphatic carbocycles. The fraction of sp³-hybridized carbons (Fsp3) is 0.368. The van der Waals surface area contributed by atoms with Gasteiger partial charge in [-0.25, -0.2) is 0 Å². The molecule has 0 amide bonds. The molecule has 2 aromatic carbocycles. The molecule has 5 N–H and O–H groups in total. The van der Waals surface area contributed by atoms with E-state index in [-0.39, 0.29) is 35.9 Å². The molecule has 0 unspecified atom stereocenters. The van der Waals surface area contributed by atoms with Crippen LogP contribution < -0.4 is 5.73 Å². The summed E-state index contributed by atoms with van der Waals surface area (Å²) in [6, 6.07) is 13.5. The number of hydrogen-bond acceptors (Lipinski definition) is 4. The molecule has 0 saturated heterocycles. The summed E-state index contributed by atoms with van der Waals surface area (Å²) in [5.74, 6) is 0.305. The van der Waals surface area contributed by atoms with Gasteiger partial charge in [-0.2, -0.15) is 0 Å². The van der Waals surface area contributed by atoms with E-state index < -0.39 is 0 Å². The highest BCUT2D eigenvalue weighted by Crippen LogP contribution is 2.49. The van der Waals surface area contributed by atoms with Gasteiger partial charge >= 0.3 is 0 Å². The Hall–Kier alpha value is -2.04. The van der Waals surface area contributed by atoms with Crippen molar-refractivity contribution in [1.29, 1.82) is 0 Å². The van der Waals surface area contributed by atoms with Crippen LogP contribution in [0, 0.1) is 5.92 Å². The predicted molar refractivity (Wildman–Crippen MR) is 89.6 cm³/mol. The van der Waals surface area contributed by atoms with Gasteiger partial charge in [0.1, 0.15) is 0 Å². The van der Waals surface area contributed by atoms with Crippen molar-refractivity contribution >= 4 is 0 Å². The van der Waals surface area contributed by atoms with Crippen LogP contribution in [0.1, 0.15) is 34.9 Å². The SMILES string of the molecule is NC[C@H]1c2ccc(O)c(O)c2C[C@H](c2ccccc2)[C@@H]1CCO. The maximum absolute atomic E-state index is 10.3. The standard InChI is InChI=1S/C19H23NO3/c20-11-17-13-6-7-18(22)19(23)16(13)10-15(14(17)8-9-21)12-4-2-1-3-5-12/h1-7,14-15,17,21-23H,8-11,20H2/t14-,15+,17-/m0/s1. The molecule has 122 valence electrons. The summed E-state index contributed by atoms with van der Waals surface area (Å²) in [7, 11) is 0. The van der Waals surface area contributed by atoms with Gasteiger partial charge in [0.05, 0.1) is 0 Å². The molecule has 0 bridgehead atoms. The number of hydrogen-bond donors (Lipinski definition) is 4. The fourth-order valence-corrected chi connectivity index (χ4v) is 4.00. The lowest BCUT2D eigenvalue weighted by atomic mass is 9.65. The number of fused-ring (bicyclic) bond motifs is 1. The number of aromatic hydroxyl groups is 2. The van der Waals surface area contributed by atoms with Gasteiger partial charge in [-0.1, -0.05) is 36.4 Å². The molecule has 0 aromatic heterocycles. The molecule has 0 spiro atoms. The normalized spacial score (nSPS) is 23.5. The van der Waals surface area contributed by atoms with Gasteiger partial charge in [0.2, 0.25) is 0 Å². The Kier molecular flexibility index (Phi) is 4.55. The second-order valence-electron chi connectivity index (χ2n) is 6.24. The van der Waals surface area contributed by atoms with Crippen molar-refractivity contribution in [3.05, 3.63) is 59.2 Å². The highest BCUT2D eigenvalue weighted by Gasteiger charge is 2.38. The van der Waals surface area contributed by atoms with Crippen LogP contribution in [-0.4, -0.2) is 28.5 Å². The number of nitrogens with two attached hydrogens (primary N) is 1. The van der Waals surface area contributed by atoms with Crippen molar-refractivity contribution in [3.8, 4) is 11.5 Å². The third-order valence-corrected chi connectivity index (χ3v) is 5.10. The lowest BCUT2D eigenvalue weighted by Crippen LogP contribution is -2.33. The molecule has 0 fully saturated rings. The average Bonchev–Trinajstić information content (AvgIpc) is 2.59. The van der Waals surface area contributed by atoms with Gasteiger partial charge in [0.15, 0.2) is 11.5 Å². The van der Waals surface area contributed by atoms with E-state index in [0.29, 0.717) is 19.4 Å². The first kappa shape index (κ1) is 15.8. The highest BCUT2D eigenvalue weighted by molar-refractivity contribution is 5.53. The van der Waals surface area contributed by atoms with Gasteiger partial charge < -0.3 is 21.1 Å². The Balaban J connectivity index is 2.11. The molecule has 1 aliphatic rings. The number of rotatable bonds is 4. The van der Waals surface area contributed by atoms with Gasteiger partial charge in [-0.15, -0.1) is 0 Å². The summed E-state index contributed by atoms with van der Waals surface area (Å²) < 4.78 is 0. The topological polar surface area (TPSA) is 86.7 Å². The van der Waals surface area contributed by atoms with Crippen LogP contribution in [0.5, 0.6) is 11.5 Å². The van der Waals surface area contributed by atoms with Crippen molar-refractivity contribution in [1.82, 2.24) is 0 Å². The molecule has 23 heavy (non-hydrogen) atoms. The van der Waals surface area contributed by atoms with E-state index in [1.54, 1.807) is 0 Å². The Bertz CT molecular complexity index is 672. The monoisotopic (exact) mass is 313 g/mol. The van der Waals surface area contributed by atoms with E-state index in [1.165, 1.54) is 11.6 Å². The third kappa shape index (κ3) is 2.80. The van der Waals surface area contributed by atoms with E-state index in [9.17, 15) is 15.3 Å². The molecule has 0 radical (unpaired) electrons. The number of phenolic OH excluding ortho intramolecular Hbond substituents is 2. The molecule has 0 saturated carbocycles. The number of phenols is 2. The minimum atomic E-state index is -0.0908. The average molecular weight is 313 g/mol. The summed E-state index contributed by atoms with van der Waals surface area (Å²) in [6.07, 6.45) is 1.31. The first-order valence-corrected chi connectivity index (χ1v) is 8.07. The summed E-state index contributed by atoms with van der Waals surface area (Å²) in [5, 5.41) is 29.6. The maximum atomic E-state index is 10.3. The molecule has 0 heterocycles. The van der Waals surface area contributed by atoms with Crippen LogP contribution >= 0.6 is 0 Å². The van der Waals surface area contributed by atoms with Gasteiger partial charge in [0, 0.05) is 18.1 Å². The molecule has 4 heteroatoms. The largest absolute Gasteiger partial charge is 0.504 e. The second-order valence-corrected chi connectivity index (χ2v) is 6.24. The van der Waals surface area contributed by atoms with Crippen LogP contribution in [0.25, 0.3) is 0 Å². The van der Waals surface area contributed by atoms with Crippen LogP contribution in [0.15, 0.2) is 42.5 Å². The molecule has 3 atom stereocenters. The predicted octanol–water partition coefficient (Wildman–Crippen LogP) is 2.48. The lowest BCUT2D eigenvalue weighted by Gasteiger charge is -2.40. The Morgan fingerprint density at radius 3 is 2.43 bits per heavy atom. The summed E-state index contributed by atoms with van der Waals surface area (Å²) >= 11 is 0. The van der Waals surface area contributed by atoms with Crippen molar-refractivity contribution in [3.63, 3.8) is 0 Å². The number of aliphatic hydroxyl groups excluding tert-OH is 1. The number of aliphatic hydroxyl groups is 1. The Labute approximate surface area is 136 Å². The molecule has 3 rings (SSSR count). The van der Waals surface area contributed by atoms with E-state index in [0.717, 1.165) is 11.1 Å². The summed E-state index contributed by atoms with van der Waals surface area (Å²) in [6.45, 7) is 0.565. The van der Waals surface area contributed by atoms with E-state index in [4.69, 9.17) is 5.73 Å². The van der Waals surface area contributed by atoms with Crippen LogP contribution in [0.4, 0.5) is 0 Å². The van der Waals surface area contributed by atoms with Crippen molar-refractivity contribution in [2.45, 2.75) is 24.7 Å². The van der Waals surface area contributed by atoms with Gasteiger partial charge in [-0.05, 0) is 48.4 Å². The Morgan fingerprint density at radius 2 is 1.78 bits per heavy atom. The fourth-order valence-electron chi connectivity index (χ4n) is 4.00. The van der Waals surface area contributed by atoms with Crippen molar-refractivity contribution in [2.75, 3.05) is 13.2 Å². The summed E-state index contributed by atoms with van der Waals surface area (Å²) in [4.78, 5) is 0. The van der Waals surface area contributed by atoms with E-state index in [2.05, 4.69) is 12.1 Å². The molecule has 4 nitrogen and oxygen atoms in total. The van der Waals surface area contributed by atoms with E-state index in [1.807, 2.05) is 24.3 Å². The lowest BCUT2D eigenvalue weighted by molar-refractivity contribution is 0.214. The second kappa shape index (κ2) is 6.60. The summed E-state index contributed by atoms with van der Waals surface area (Å²) in [5.41, 5.74) is 8.99. The zero-order valence-electron chi connectivity index (χ0n) is 13.0. The smallest absolute Gasteiger partial charge is 0.160 e. The van der Waals surface area contributed by atoms with Crippen LogP contribution in [-0.2, 0) is 6.42 Å². The molecular formula is C19H23NO3. The van der Waals surface area contributed by atoms with Gasteiger partial charge in [-0.3, -0.25) is 0 Å². The van der Waals surface area contributed by atoms with Crippen LogP contribution in [0.2, 0.25) is 0 Å². The minimum absolute atomic E-state index is 0.0377. The van der Waals surface area contributed by atoms with Gasteiger partial charge in [0.25, 0.3) is 0 Å². The molecular weight excluding hydrogens is 290 g/mol. The number of benzene rings is 2. The zero-order valence-corrected chi connectivity index (χ0v) is 13.0. The molecule has 2 aromatic rings. The minimum Gasteiger partial charge on any atom is -0.504 e. The quantitative estimate of drug-likeness (QED) is 0.653. The van der Waals surface area contributed by atoms with Crippen molar-refractivity contribution in [2.24, 2.45) is 11.7 Å². The zero-order chi connectivity index (χ0) is 16.4. The third-order valence-electron chi connectivity index (χ3n) is 5.10. The maximum Gasteiger partial charge on any atom is 0.160 e. The Morgan fingerprint density at radius 1 is 1.04 bits per heavy atom.